The molecule has 0 aromatic rings. The van der Waals surface area contributed by atoms with Gasteiger partial charge in [0.05, 0.1) is 10.6 Å². The van der Waals surface area contributed by atoms with Crippen LogP contribution in [-0.2, 0) is 4.79 Å². The number of carbonyl (C=O) groups is 1. The van der Waals surface area contributed by atoms with Crippen LogP contribution in [-0.4, -0.2) is 21.7 Å². The maximum atomic E-state index is 11.1. The molecule has 0 saturated carbocycles. The molecule has 0 spiro atoms. The van der Waals surface area contributed by atoms with Crippen molar-refractivity contribution in [1.29, 1.82) is 0 Å². The molecule has 1 atom stereocenters. The smallest absolute Gasteiger partial charge is 0.320 e. The summed E-state index contributed by atoms with van der Waals surface area (Å²) in [6.07, 6.45) is 1.85. The lowest BCUT2D eigenvalue weighted by Crippen LogP contribution is -2.39. The van der Waals surface area contributed by atoms with Crippen molar-refractivity contribution in [3.63, 3.8) is 0 Å². The van der Waals surface area contributed by atoms with Crippen molar-refractivity contribution >= 4 is 5.78 Å². The van der Waals surface area contributed by atoms with Gasteiger partial charge in [0.15, 0.2) is 0 Å². The van der Waals surface area contributed by atoms with Gasteiger partial charge in [-0.25, -0.2) is 0 Å². The Kier molecular flexibility index (Phi) is 2.28. The number of hydrogen-bond acceptors (Lipinski definition) is 6. The molecule has 0 heterocycles. The highest BCUT2D eigenvalue weighted by molar-refractivity contribution is 5.99. The van der Waals surface area contributed by atoms with Crippen LogP contribution in [0.25, 0.3) is 0 Å². The number of nitro groups is 2. The Morgan fingerprint density at radius 2 is 1.86 bits per heavy atom. The van der Waals surface area contributed by atoms with Crippen molar-refractivity contribution in [3.05, 3.63) is 43.8 Å². The summed E-state index contributed by atoms with van der Waals surface area (Å²) in [7, 11) is 0. The van der Waals surface area contributed by atoms with Crippen LogP contribution in [0.5, 0.6) is 0 Å². The fourth-order valence-corrected chi connectivity index (χ4v) is 1.01. The summed E-state index contributed by atoms with van der Waals surface area (Å²) in [4.78, 5) is 29.8. The van der Waals surface area contributed by atoms with Gasteiger partial charge in [-0.1, -0.05) is 0 Å². The van der Waals surface area contributed by atoms with E-state index in [-0.39, 0.29) is 5.70 Å². The van der Waals surface area contributed by atoms with E-state index in [9.17, 15) is 25.0 Å². The normalized spacial score (nSPS) is 21.1. The fourth-order valence-electron chi connectivity index (χ4n) is 1.01. The van der Waals surface area contributed by atoms with Crippen LogP contribution in [0, 0.1) is 20.2 Å². The first-order chi connectivity index (χ1) is 6.45. The molecule has 14 heavy (non-hydrogen) atoms. The molecule has 8 nitrogen and oxygen atoms in total. The third kappa shape index (κ3) is 1.44. The number of Topliss-reactive ketones (excluding diaryl/α,β-unsaturated/α-hetero) is 1. The minimum Gasteiger partial charge on any atom is -0.396 e. The molecule has 0 amide bonds. The number of allylic oxidation sites excluding steroid dienone is 2. The van der Waals surface area contributed by atoms with Gasteiger partial charge in [0, 0.05) is 11.0 Å². The second kappa shape index (κ2) is 3.24. The van der Waals surface area contributed by atoms with E-state index in [4.69, 9.17) is 5.73 Å². The van der Waals surface area contributed by atoms with Gasteiger partial charge >= 0.3 is 17.5 Å². The second-order valence-corrected chi connectivity index (χ2v) is 2.53. The third-order valence-electron chi connectivity index (χ3n) is 1.66. The molecule has 0 aliphatic heterocycles. The van der Waals surface area contributed by atoms with Crippen LogP contribution in [0.1, 0.15) is 0 Å². The molecule has 1 unspecified atom stereocenters. The maximum Gasteiger partial charge on any atom is 0.320 e. The predicted octanol–water partition coefficient (Wildman–Crippen LogP) is -0.782. The average molecular weight is 199 g/mol. The number of ketones is 1. The lowest BCUT2D eigenvalue weighted by molar-refractivity contribution is -0.501. The Labute approximate surface area is 77.0 Å². The SMILES string of the molecule is NC1=CC=C([N+](=O)[O-])C(=O)C1[N+](=O)[O-]. The number of rotatable bonds is 2. The average Bonchev–Trinajstić information content (AvgIpc) is 2.02. The Bertz CT molecular complexity index is 383. The zero-order valence-electron chi connectivity index (χ0n) is 6.75. The summed E-state index contributed by atoms with van der Waals surface area (Å²) in [5.41, 5.74) is 4.05. The molecule has 0 aromatic carbocycles. The molecule has 2 N–H and O–H groups in total. The van der Waals surface area contributed by atoms with Gasteiger partial charge in [0.25, 0.3) is 0 Å². The zero-order valence-corrected chi connectivity index (χ0v) is 6.75. The first-order valence-electron chi connectivity index (χ1n) is 3.44. The monoisotopic (exact) mass is 199 g/mol. The summed E-state index contributed by atoms with van der Waals surface area (Å²) in [5.74, 6) is -1.19. The quantitative estimate of drug-likeness (QED) is 0.458. The highest BCUT2D eigenvalue weighted by Crippen LogP contribution is 2.15. The maximum absolute atomic E-state index is 11.1. The van der Waals surface area contributed by atoms with Crippen LogP contribution >= 0.6 is 0 Å². The molecule has 74 valence electrons. The summed E-state index contributed by atoms with van der Waals surface area (Å²) in [6.45, 7) is 0. The summed E-state index contributed by atoms with van der Waals surface area (Å²) < 4.78 is 0. The first-order valence-corrected chi connectivity index (χ1v) is 3.44. The largest absolute Gasteiger partial charge is 0.396 e. The number of hydrogen-bond donors (Lipinski definition) is 1. The van der Waals surface area contributed by atoms with E-state index in [0.717, 1.165) is 12.2 Å². The number of nitrogens with zero attached hydrogens (tertiary/aromatic N) is 2. The lowest BCUT2D eigenvalue weighted by atomic mass is 10.0. The zero-order chi connectivity index (χ0) is 10.9. The van der Waals surface area contributed by atoms with Gasteiger partial charge in [-0.2, -0.15) is 0 Å². The van der Waals surface area contributed by atoms with Gasteiger partial charge in [0.2, 0.25) is 0 Å². The molecular weight excluding hydrogens is 194 g/mol. The van der Waals surface area contributed by atoms with E-state index in [2.05, 4.69) is 0 Å². The van der Waals surface area contributed by atoms with Crippen LogP contribution in [0.3, 0.4) is 0 Å². The molecule has 8 heteroatoms. The van der Waals surface area contributed by atoms with Gasteiger partial charge in [-0.3, -0.25) is 25.0 Å². The molecule has 0 aromatic heterocycles. The molecule has 1 aliphatic carbocycles. The molecule has 0 bridgehead atoms. The minimum atomic E-state index is -1.83. The van der Waals surface area contributed by atoms with Crippen molar-refractivity contribution in [1.82, 2.24) is 0 Å². The van der Waals surface area contributed by atoms with Crippen LogP contribution < -0.4 is 5.73 Å². The number of carbonyl (C=O) groups excluding carboxylic acids is 1. The topological polar surface area (TPSA) is 129 Å². The predicted molar refractivity (Wildman–Crippen MR) is 43.1 cm³/mol. The summed E-state index contributed by atoms with van der Waals surface area (Å²) in [6, 6.07) is -1.83. The van der Waals surface area contributed by atoms with Crippen molar-refractivity contribution in [2.75, 3.05) is 0 Å². The third-order valence-corrected chi connectivity index (χ3v) is 1.66. The minimum absolute atomic E-state index is 0.300. The molecule has 0 fully saturated rings. The van der Waals surface area contributed by atoms with Gasteiger partial charge in [-0.15, -0.1) is 0 Å². The van der Waals surface area contributed by atoms with Crippen LogP contribution in [0.2, 0.25) is 0 Å². The fraction of sp³-hybridized carbons (Fsp3) is 0.167. The van der Waals surface area contributed by atoms with Crippen molar-refractivity contribution < 1.29 is 14.6 Å². The van der Waals surface area contributed by atoms with Gasteiger partial charge in [0.1, 0.15) is 0 Å². The number of nitrogens with two attached hydrogens (primary N) is 1. The molecule has 1 aliphatic rings. The first kappa shape index (κ1) is 9.84. The van der Waals surface area contributed by atoms with Crippen molar-refractivity contribution in [2.45, 2.75) is 6.04 Å². The van der Waals surface area contributed by atoms with E-state index in [0.29, 0.717) is 0 Å². The summed E-state index contributed by atoms with van der Waals surface area (Å²) in [5, 5.41) is 20.6. The molecular formula is C6H5N3O5. The lowest BCUT2D eigenvalue weighted by Gasteiger charge is -2.09. The molecule has 1 rings (SSSR count). The molecule has 0 saturated heterocycles. The van der Waals surface area contributed by atoms with E-state index < -0.39 is 27.4 Å². The van der Waals surface area contributed by atoms with E-state index in [1.807, 2.05) is 0 Å². The Morgan fingerprint density at radius 1 is 1.29 bits per heavy atom. The highest BCUT2D eigenvalue weighted by atomic mass is 16.6. The van der Waals surface area contributed by atoms with Crippen molar-refractivity contribution in [3.8, 4) is 0 Å². The highest BCUT2D eigenvalue weighted by Gasteiger charge is 2.42. The van der Waals surface area contributed by atoms with E-state index in [1.165, 1.54) is 0 Å². The van der Waals surface area contributed by atoms with E-state index >= 15 is 0 Å². The second-order valence-electron chi connectivity index (χ2n) is 2.53. The Hall–Kier alpha value is -2.25. The van der Waals surface area contributed by atoms with Crippen LogP contribution in [0.4, 0.5) is 0 Å². The standard InChI is InChI=1S/C6H5N3O5/c7-3-1-2-4(8(11)12)6(10)5(3)9(13)14/h1-2,5H,7H2. The Morgan fingerprint density at radius 3 is 2.29 bits per heavy atom. The Balaban J connectivity index is 3.14. The van der Waals surface area contributed by atoms with Gasteiger partial charge in [-0.05, 0) is 6.08 Å². The van der Waals surface area contributed by atoms with Crippen LogP contribution in [0.15, 0.2) is 23.5 Å². The van der Waals surface area contributed by atoms with Crippen molar-refractivity contribution in [2.24, 2.45) is 5.73 Å². The van der Waals surface area contributed by atoms with E-state index in [1.54, 1.807) is 0 Å². The van der Waals surface area contributed by atoms with Gasteiger partial charge < -0.3 is 5.73 Å². The summed E-state index contributed by atoms with van der Waals surface area (Å²) >= 11 is 0. The molecule has 0 radical (unpaired) electrons.